The summed E-state index contributed by atoms with van der Waals surface area (Å²) >= 11 is 17.7. The number of aromatic nitrogens is 2. The Hall–Kier alpha value is -1.82. The summed E-state index contributed by atoms with van der Waals surface area (Å²) in [7, 11) is 1.49. The number of fused-ring (bicyclic) bond motifs is 1. The molecule has 3 aromatic rings. The van der Waals surface area contributed by atoms with E-state index < -0.39 is 0 Å². The van der Waals surface area contributed by atoms with Gasteiger partial charge in [0.1, 0.15) is 5.75 Å². The van der Waals surface area contributed by atoms with Gasteiger partial charge in [-0.3, -0.25) is 9.36 Å². The van der Waals surface area contributed by atoms with Crippen LogP contribution < -0.4 is 10.3 Å². The molecule has 0 amide bonds. The van der Waals surface area contributed by atoms with Crippen molar-refractivity contribution in [3.8, 4) is 11.4 Å². The molecule has 0 atom stereocenters. The normalized spacial score (nSPS) is 11.0. The zero-order chi connectivity index (χ0) is 17.6. The number of halogens is 2. The largest absolute Gasteiger partial charge is 0.495 e. The third kappa shape index (κ3) is 2.73. The first-order valence-corrected chi connectivity index (χ1v) is 8.29. The Labute approximate surface area is 153 Å². The van der Waals surface area contributed by atoms with Crippen molar-refractivity contribution >= 4 is 46.3 Å². The molecule has 0 unspecified atom stereocenters. The molecule has 0 radical (unpaired) electrons. The second-order valence-corrected chi connectivity index (χ2v) is 6.69. The van der Waals surface area contributed by atoms with Gasteiger partial charge in [-0.25, -0.2) is 0 Å². The van der Waals surface area contributed by atoms with Crippen molar-refractivity contribution in [1.82, 2.24) is 9.55 Å². The van der Waals surface area contributed by atoms with Gasteiger partial charge in [-0.15, -0.1) is 0 Å². The topological polar surface area (TPSA) is 47.0 Å². The average molecular weight is 381 g/mol. The quantitative estimate of drug-likeness (QED) is 0.637. The molecule has 1 aromatic heterocycles. The monoisotopic (exact) mass is 380 g/mol. The van der Waals surface area contributed by atoms with Crippen LogP contribution in [0.4, 0.5) is 0 Å². The molecule has 1 heterocycles. The van der Waals surface area contributed by atoms with E-state index in [1.165, 1.54) is 17.7 Å². The number of aromatic amines is 1. The zero-order valence-electron chi connectivity index (χ0n) is 13.2. The highest BCUT2D eigenvalue weighted by molar-refractivity contribution is 7.71. The maximum atomic E-state index is 13.0. The molecule has 0 saturated carbocycles. The molecule has 1 N–H and O–H groups in total. The molecule has 0 aliphatic rings. The van der Waals surface area contributed by atoms with Crippen molar-refractivity contribution < 1.29 is 4.74 Å². The standard InChI is InChI=1S/C17H14Cl2N2O2S/c1-8-4-10-13(5-9(8)2)20-17(24)21(16(10)22)14-7-15(23-3)12(19)6-11(14)18/h4-7H,1-3H3,(H,20,24). The first kappa shape index (κ1) is 17.0. The molecule has 0 spiro atoms. The lowest BCUT2D eigenvalue weighted by molar-refractivity contribution is 0.415. The SMILES string of the molecule is COc1cc(-n2c(=S)[nH]c3cc(C)c(C)cc3c2=O)c(Cl)cc1Cl. The molecule has 4 nitrogen and oxygen atoms in total. The fourth-order valence-corrected chi connectivity index (χ4v) is 3.38. The summed E-state index contributed by atoms with van der Waals surface area (Å²) in [6.45, 7) is 3.94. The lowest BCUT2D eigenvalue weighted by Gasteiger charge is -2.13. The smallest absolute Gasteiger partial charge is 0.266 e. The van der Waals surface area contributed by atoms with Crippen LogP contribution in [0.3, 0.4) is 0 Å². The molecule has 0 aliphatic carbocycles. The molecule has 24 heavy (non-hydrogen) atoms. The summed E-state index contributed by atoms with van der Waals surface area (Å²) in [5.74, 6) is 0.414. The number of methoxy groups -OCH3 is 1. The minimum absolute atomic E-state index is 0.247. The number of benzene rings is 2. The first-order chi connectivity index (χ1) is 11.3. The molecule has 2 aromatic carbocycles. The van der Waals surface area contributed by atoms with Gasteiger partial charge in [0.2, 0.25) is 0 Å². The summed E-state index contributed by atoms with van der Waals surface area (Å²) in [6, 6.07) is 6.89. The Kier molecular flexibility index (Phi) is 4.42. The molecule has 3 rings (SSSR count). The average Bonchev–Trinajstić information content (AvgIpc) is 2.51. The lowest BCUT2D eigenvalue weighted by atomic mass is 10.1. The molecule has 0 aliphatic heterocycles. The van der Waals surface area contributed by atoms with Gasteiger partial charge in [0.15, 0.2) is 4.77 Å². The minimum atomic E-state index is -0.247. The van der Waals surface area contributed by atoms with E-state index in [1.54, 1.807) is 6.07 Å². The first-order valence-electron chi connectivity index (χ1n) is 7.13. The second kappa shape index (κ2) is 6.24. The number of rotatable bonds is 2. The second-order valence-electron chi connectivity index (χ2n) is 5.49. The van der Waals surface area contributed by atoms with E-state index in [4.69, 9.17) is 40.2 Å². The van der Waals surface area contributed by atoms with Crippen LogP contribution in [0.15, 0.2) is 29.1 Å². The summed E-state index contributed by atoms with van der Waals surface area (Å²) in [5.41, 5.74) is 2.97. The third-order valence-corrected chi connectivity index (χ3v) is 4.86. The van der Waals surface area contributed by atoms with Crippen molar-refractivity contribution in [3.05, 3.63) is 60.6 Å². The summed E-state index contributed by atoms with van der Waals surface area (Å²) in [5, 5.41) is 1.21. The van der Waals surface area contributed by atoms with E-state index in [9.17, 15) is 4.79 Å². The highest BCUT2D eigenvalue weighted by atomic mass is 35.5. The van der Waals surface area contributed by atoms with Crippen LogP contribution in [-0.4, -0.2) is 16.7 Å². The number of hydrogen-bond donors (Lipinski definition) is 1. The van der Waals surface area contributed by atoms with Gasteiger partial charge < -0.3 is 9.72 Å². The summed E-state index contributed by atoms with van der Waals surface area (Å²) in [4.78, 5) is 16.1. The van der Waals surface area contributed by atoms with E-state index in [0.29, 0.717) is 32.4 Å². The molecule has 0 bridgehead atoms. The van der Waals surface area contributed by atoms with Crippen molar-refractivity contribution in [1.29, 1.82) is 0 Å². The van der Waals surface area contributed by atoms with Crippen LogP contribution in [0.5, 0.6) is 5.75 Å². The zero-order valence-corrected chi connectivity index (χ0v) is 15.6. The Morgan fingerprint density at radius 2 is 1.75 bits per heavy atom. The Morgan fingerprint density at radius 3 is 2.42 bits per heavy atom. The van der Waals surface area contributed by atoms with Crippen molar-refractivity contribution in [2.24, 2.45) is 0 Å². The van der Waals surface area contributed by atoms with Crippen LogP contribution in [0, 0.1) is 18.6 Å². The van der Waals surface area contributed by atoms with Crippen LogP contribution in [-0.2, 0) is 0 Å². The van der Waals surface area contributed by atoms with E-state index in [2.05, 4.69) is 4.98 Å². The number of nitrogens with one attached hydrogen (secondary N) is 1. The van der Waals surface area contributed by atoms with Gasteiger partial charge >= 0.3 is 0 Å². The molecular weight excluding hydrogens is 367 g/mol. The summed E-state index contributed by atoms with van der Waals surface area (Å²) < 4.78 is 6.82. The van der Waals surface area contributed by atoms with Gasteiger partial charge in [-0.2, -0.15) is 0 Å². The van der Waals surface area contributed by atoms with Gasteiger partial charge in [-0.05, 0) is 55.4 Å². The van der Waals surface area contributed by atoms with E-state index in [-0.39, 0.29) is 10.3 Å². The Morgan fingerprint density at radius 1 is 1.08 bits per heavy atom. The van der Waals surface area contributed by atoms with Crippen LogP contribution in [0.2, 0.25) is 10.0 Å². The number of hydrogen-bond acceptors (Lipinski definition) is 3. The highest BCUT2D eigenvalue weighted by Crippen LogP contribution is 2.32. The van der Waals surface area contributed by atoms with Gasteiger partial charge in [0.05, 0.1) is 33.7 Å². The van der Waals surface area contributed by atoms with Gasteiger partial charge in [-0.1, -0.05) is 23.2 Å². The number of H-pyrrole nitrogens is 1. The maximum Gasteiger partial charge on any atom is 0.266 e. The van der Waals surface area contributed by atoms with E-state index >= 15 is 0 Å². The Bertz CT molecular complexity index is 1090. The fraction of sp³-hybridized carbons (Fsp3) is 0.176. The number of aryl methyl sites for hydroxylation is 2. The number of ether oxygens (including phenoxy) is 1. The molecule has 124 valence electrons. The fourth-order valence-electron chi connectivity index (χ4n) is 2.55. The van der Waals surface area contributed by atoms with Crippen molar-refractivity contribution in [3.63, 3.8) is 0 Å². The molecule has 0 fully saturated rings. The van der Waals surface area contributed by atoms with E-state index in [1.807, 2.05) is 26.0 Å². The summed E-state index contributed by atoms with van der Waals surface area (Å²) in [6.07, 6.45) is 0. The van der Waals surface area contributed by atoms with E-state index in [0.717, 1.165) is 11.1 Å². The van der Waals surface area contributed by atoms with Crippen LogP contribution >= 0.6 is 35.4 Å². The maximum absolute atomic E-state index is 13.0. The predicted octanol–water partition coefficient (Wildman–Crippen LogP) is 4.98. The third-order valence-electron chi connectivity index (χ3n) is 3.97. The molecule has 0 saturated heterocycles. The number of nitrogens with zero attached hydrogens (tertiary/aromatic N) is 1. The Balaban J connectivity index is 2.42. The minimum Gasteiger partial charge on any atom is -0.495 e. The van der Waals surface area contributed by atoms with Crippen molar-refractivity contribution in [2.45, 2.75) is 13.8 Å². The van der Waals surface area contributed by atoms with Crippen molar-refractivity contribution in [2.75, 3.05) is 7.11 Å². The molecular formula is C17H14Cl2N2O2S. The van der Waals surface area contributed by atoms with Crippen LogP contribution in [0.1, 0.15) is 11.1 Å². The lowest BCUT2D eigenvalue weighted by Crippen LogP contribution is -2.21. The molecule has 7 heteroatoms. The van der Waals surface area contributed by atoms with Gasteiger partial charge in [0, 0.05) is 6.07 Å². The van der Waals surface area contributed by atoms with Crippen LogP contribution in [0.25, 0.3) is 16.6 Å². The predicted molar refractivity (Wildman–Crippen MR) is 101 cm³/mol. The van der Waals surface area contributed by atoms with Gasteiger partial charge in [0.25, 0.3) is 5.56 Å². The highest BCUT2D eigenvalue weighted by Gasteiger charge is 2.14.